The normalized spacial score (nSPS) is 16.4. The molecule has 1 heterocycles. The molecule has 1 fully saturated rings. The zero-order chi connectivity index (χ0) is 14.1. The van der Waals surface area contributed by atoms with Crippen molar-refractivity contribution in [1.29, 1.82) is 0 Å². The minimum Gasteiger partial charge on any atom is -0.355 e. The molecule has 0 amide bonds. The van der Waals surface area contributed by atoms with E-state index in [1.165, 1.54) is 59.8 Å². The zero-order valence-corrected chi connectivity index (χ0v) is 12.3. The van der Waals surface area contributed by atoms with E-state index in [4.69, 9.17) is 0 Å². The van der Waals surface area contributed by atoms with Gasteiger partial charge >= 0.3 is 0 Å². The van der Waals surface area contributed by atoms with Crippen LogP contribution in [-0.2, 0) is 0 Å². The average Bonchev–Trinajstić information content (AvgIpc) is 2.99. The summed E-state index contributed by atoms with van der Waals surface area (Å²) < 4.78 is 0. The number of H-pyrrole nitrogens is 1. The fourth-order valence-corrected chi connectivity index (χ4v) is 3.61. The largest absolute Gasteiger partial charge is 0.355 e. The minimum atomic E-state index is 0.776. The van der Waals surface area contributed by atoms with Gasteiger partial charge in [-0.05, 0) is 48.1 Å². The summed E-state index contributed by atoms with van der Waals surface area (Å²) in [6.07, 6.45) is 6.93. The number of hydrogen-bond acceptors (Lipinski definition) is 0. The van der Waals surface area contributed by atoms with Crippen molar-refractivity contribution in [3.05, 3.63) is 60.2 Å². The van der Waals surface area contributed by atoms with Gasteiger partial charge in [-0.3, -0.25) is 0 Å². The molecule has 1 nitrogen and oxygen atoms in total. The molecule has 1 N–H and O–H groups in total. The second-order valence-corrected chi connectivity index (χ2v) is 6.23. The Morgan fingerprint density at radius 2 is 1.62 bits per heavy atom. The third-order valence-corrected chi connectivity index (χ3v) is 4.81. The topological polar surface area (TPSA) is 15.8 Å². The smallest absolute Gasteiger partial charge is 0.0464 e. The summed E-state index contributed by atoms with van der Waals surface area (Å²) in [5.41, 5.74) is 5.24. The maximum Gasteiger partial charge on any atom is 0.0464 e. The molecule has 0 radical (unpaired) electrons. The maximum atomic E-state index is 3.54. The molecule has 1 saturated carbocycles. The van der Waals surface area contributed by atoms with E-state index in [-0.39, 0.29) is 0 Å². The van der Waals surface area contributed by atoms with Gasteiger partial charge in [0.1, 0.15) is 0 Å². The highest BCUT2D eigenvalue weighted by Gasteiger charge is 2.16. The molecule has 0 atom stereocenters. The van der Waals surface area contributed by atoms with E-state index < -0.39 is 0 Å². The van der Waals surface area contributed by atoms with Crippen molar-refractivity contribution in [2.24, 2.45) is 0 Å². The van der Waals surface area contributed by atoms with Crippen molar-refractivity contribution in [1.82, 2.24) is 4.98 Å². The number of nitrogens with one attached hydrogen (secondary N) is 1. The number of benzene rings is 2. The zero-order valence-electron chi connectivity index (χ0n) is 12.3. The SMILES string of the molecule is c1ccc(-c2cc3cc(C4CCCCC4)ccc3[nH]2)cc1. The second-order valence-electron chi connectivity index (χ2n) is 6.23. The van der Waals surface area contributed by atoms with Gasteiger partial charge in [0.15, 0.2) is 0 Å². The quantitative estimate of drug-likeness (QED) is 0.601. The lowest BCUT2D eigenvalue weighted by molar-refractivity contribution is 0.444. The van der Waals surface area contributed by atoms with Crippen LogP contribution in [0.3, 0.4) is 0 Å². The average molecular weight is 275 g/mol. The van der Waals surface area contributed by atoms with Gasteiger partial charge in [0.2, 0.25) is 0 Å². The maximum absolute atomic E-state index is 3.54. The monoisotopic (exact) mass is 275 g/mol. The standard InChI is InChI=1S/C20H21N/c1-3-7-15(8-4-1)17-11-12-19-18(13-17)14-20(21-19)16-9-5-2-6-10-16/h2,5-6,9-15,21H,1,3-4,7-8H2. The van der Waals surface area contributed by atoms with Crippen LogP contribution in [0.15, 0.2) is 54.6 Å². The Balaban J connectivity index is 1.71. The first kappa shape index (κ1) is 12.7. The summed E-state index contributed by atoms with van der Waals surface area (Å²) in [7, 11) is 0. The first-order chi connectivity index (χ1) is 10.4. The molecule has 21 heavy (non-hydrogen) atoms. The van der Waals surface area contributed by atoms with Crippen LogP contribution in [0.2, 0.25) is 0 Å². The Morgan fingerprint density at radius 3 is 2.43 bits per heavy atom. The molecule has 0 bridgehead atoms. The molecular formula is C20H21N. The molecule has 1 aromatic heterocycles. The lowest BCUT2D eigenvalue weighted by Gasteiger charge is -2.21. The first-order valence-corrected chi connectivity index (χ1v) is 8.08. The van der Waals surface area contributed by atoms with E-state index in [0.29, 0.717) is 0 Å². The van der Waals surface area contributed by atoms with Gasteiger partial charge in [0, 0.05) is 16.6 Å². The van der Waals surface area contributed by atoms with Gasteiger partial charge in [-0.25, -0.2) is 0 Å². The molecule has 4 rings (SSSR count). The summed E-state index contributed by atoms with van der Waals surface area (Å²) >= 11 is 0. The van der Waals surface area contributed by atoms with Crippen LogP contribution in [0.4, 0.5) is 0 Å². The number of rotatable bonds is 2. The van der Waals surface area contributed by atoms with Gasteiger partial charge in [-0.15, -0.1) is 0 Å². The summed E-state index contributed by atoms with van der Waals surface area (Å²) in [6, 6.07) is 19.8. The molecule has 1 aliphatic carbocycles. The molecule has 3 aromatic rings. The van der Waals surface area contributed by atoms with E-state index in [0.717, 1.165) is 5.92 Å². The van der Waals surface area contributed by atoms with E-state index in [2.05, 4.69) is 59.6 Å². The number of fused-ring (bicyclic) bond motifs is 1. The fourth-order valence-electron chi connectivity index (χ4n) is 3.61. The van der Waals surface area contributed by atoms with Gasteiger partial charge in [0.25, 0.3) is 0 Å². The summed E-state index contributed by atoms with van der Waals surface area (Å²) in [5, 5.41) is 1.34. The van der Waals surface area contributed by atoms with Crippen LogP contribution in [0, 0.1) is 0 Å². The lowest BCUT2D eigenvalue weighted by Crippen LogP contribution is -2.03. The van der Waals surface area contributed by atoms with Gasteiger partial charge in [-0.1, -0.05) is 55.7 Å². The van der Waals surface area contributed by atoms with E-state index in [9.17, 15) is 0 Å². The molecule has 106 valence electrons. The van der Waals surface area contributed by atoms with E-state index in [1.807, 2.05) is 0 Å². The number of aromatic nitrogens is 1. The molecule has 1 aliphatic rings. The fraction of sp³-hybridized carbons (Fsp3) is 0.300. The molecule has 0 saturated heterocycles. The Hall–Kier alpha value is -2.02. The van der Waals surface area contributed by atoms with Gasteiger partial charge in [-0.2, -0.15) is 0 Å². The minimum absolute atomic E-state index is 0.776. The van der Waals surface area contributed by atoms with Gasteiger partial charge in [0.05, 0.1) is 0 Å². The predicted molar refractivity (Wildman–Crippen MR) is 89.6 cm³/mol. The van der Waals surface area contributed by atoms with E-state index in [1.54, 1.807) is 0 Å². The summed E-state index contributed by atoms with van der Waals surface area (Å²) in [4.78, 5) is 3.54. The molecule has 2 aromatic carbocycles. The number of hydrogen-bond donors (Lipinski definition) is 1. The highest BCUT2D eigenvalue weighted by molar-refractivity contribution is 5.86. The van der Waals surface area contributed by atoms with Crippen LogP contribution in [0.5, 0.6) is 0 Å². The molecular weight excluding hydrogens is 254 g/mol. The molecule has 0 aliphatic heterocycles. The van der Waals surface area contributed by atoms with Crippen molar-refractivity contribution in [2.45, 2.75) is 38.0 Å². The first-order valence-electron chi connectivity index (χ1n) is 8.08. The second kappa shape index (κ2) is 5.40. The van der Waals surface area contributed by atoms with Crippen LogP contribution in [-0.4, -0.2) is 4.98 Å². The van der Waals surface area contributed by atoms with Crippen LogP contribution in [0.25, 0.3) is 22.2 Å². The van der Waals surface area contributed by atoms with Crippen molar-refractivity contribution in [3.63, 3.8) is 0 Å². The highest BCUT2D eigenvalue weighted by Crippen LogP contribution is 2.34. The van der Waals surface area contributed by atoms with Crippen LogP contribution in [0.1, 0.15) is 43.6 Å². The third-order valence-electron chi connectivity index (χ3n) is 4.81. The Morgan fingerprint density at radius 1 is 0.810 bits per heavy atom. The molecule has 1 heteroatoms. The number of aromatic amines is 1. The van der Waals surface area contributed by atoms with Crippen molar-refractivity contribution in [3.8, 4) is 11.3 Å². The lowest BCUT2D eigenvalue weighted by atomic mass is 9.84. The third kappa shape index (κ3) is 2.49. The Bertz CT molecular complexity index is 733. The van der Waals surface area contributed by atoms with E-state index >= 15 is 0 Å². The Kier molecular flexibility index (Phi) is 3.27. The van der Waals surface area contributed by atoms with Gasteiger partial charge < -0.3 is 4.98 Å². The Labute approximate surface area is 126 Å². The van der Waals surface area contributed by atoms with Crippen LogP contribution >= 0.6 is 0 Å². The van der Waals surface area contributed by atoms with Crippen LogP contribution < -0.4 is 0 Å². The van der Waals surface area contributed by atoms with Crippen molar-refractivity contribution < 1.29 is 0 Å². The molecule has 0 unspecified atom stereocenters. The summed E-state index contributed by atoms with van der Waals surface area (Å²) in [6.45, 7) is 0. The highest BCUT2D eigenvalue weighted by atomic mass is 14.7. The van der Waals surface area contributed by atoms with Crippen molar-refractivity contribution >= 4 is 10.9 Å². The van der Waals surface area contributed by atoms with Crippen molar-refractivity contribution in [2.75, 3.05) is 0 Å². The summed E-state index contributed by atoms with van der Waals surface area (Å²) in [5.74, 6) is 0.776. The molecule has 0 spiro atoms. The predicted octanol–water partition coefficient (Wildman–Crippen LogP) is 5.88.